The molecule has 1 saturated heterocycles. The second kappa shape index (κ2) is 7.42. The zero-order valence-electron chi connectivity index (χ0n) is 12.0. The molecule has 1 aromatic rings. The van der Waals surface area contributed by atoms with E-state index in [-0.39, 0.29) is 5.37 Å². The maximum Gasteiger partial charge on any atom is 0.321 e. The van der Waals surface area contributed by atoms with Crippen molar-refractivity contribution in [3.05, 3.63) is 18.2 Å². The standard InChI is InChI=1S/C14H19NO5S/c1-18-10-4-3-5-11(13(10)19-2)20-7-6-12-15-9(8-21-12)14(16)17/h3-5,9,12,15H,6-8H2,1-2H3,(H,16,17). The Morgan fingerprint density at radius 3 is 2.76 bits per heavy atom. The lowest BCUT2D eigenvalue weighted by Gasteiger charge is -2.15. The van der Waals surface area contributed by atoms with E-state index >= 15 is 0 Å². The monoisotopic (exact) mass is 313 g/mol. The molecule has 7 heteroatoms. The Kier molecular flexibility index (Phi) is 5.58. The van der Waals surface area contributed by atoms with Crippen LogP contribution in [0.25, 0.3) is 0 Å². The summed E-state index contributed by atoms with van der Waals surface area (Å²) < 4.78 is 16.2. The number of para-hydroxylation sites is 1. The van der Waals surface area contributed by atoms with Crippen molar-refractivity contribution in [3.8, 4) is 17.2 Å². The van der Waals surface area contributed by atoms with Crippen molar-refractivity contribution in [3.63, 3.8) is 0 Å². The van der Waals surface area contributed by atoms with Crippen LogP contribution in [0.2, 0.25) is 0 Å². The number of aliphatic carboxylic acids is 1. The minimum atomic E-state index is -0.805. The van der Waals surface area contributed by atoms with E-state index in [4.69, 9.17) is 19.3 Å². The van der Waals surface area contributed by atoms with Gasteiger partial charge >= 0.3 is 5.97 Å². The van der Waals surface area contributed by atoms with Crippen LogP contribution >= 0.6 is 11.8 Å². The molecule has 0 radical (unpaired) electrons. The minimum absolute atomic E-state index is 0.0997. The second-order valence-corrected chi connectivity index (χ2v) is 5.74. The molecule has 0 bridgehead atoms. The van der Waals surface area contributed by atoms with Crippen LogP contribution in [0, 0.1) is 0 Å². The van der Waals surface area contributed by atoms with Gasteiger partial charge in [-0.2, -0.15) is 0 Å². The zero-order valence-corrected chi connectivity index (χ0v) is 12.8. The predicted octanol–water partition coefficient (Wildman–Crippen LogP) is 1.59. The summed E-state index contributed by atoms with van der Waals surface area (Å²) >= 11 is 1.60. The lowest BCUT2D eigenvalue weighted by Crippen LogP contribution is -2.37. The number of benzene rings is 1. The summed E-state index contributed by atoms with van der Waals surface area (Å²) in [6, 6.07) is 4.99. The summed E-state index contributed by atoms with van der Waals surface area (Å²) in [5.74, 6) is 1.59. The Labute approximate surface area is 127 Å². The summed E-state index contributed by atoms with van der Waals surface area (Å²) in [5.41, 5.74) is 0. The van der Waals surface area contributed by atoms with Crippen LogP contribution in [-0.2, 0) is 4.79 Å². The van der Waals surface area contributed by atoms with Gasteiger partial charge in [0.15, 0.2) is 11.5 Å². The fourth-order valence-electron chi connectivity index (χ4n) is 2.09. The maximum atomic E-state index is 10.9. The number of methoxy groups -OCH3 is 2. The van der Waals surface area contributed by atoms with Crippen LogP contribution in [0.5, 0.6) is 17.2 Å². The smallest absolute Gasteiger partial charge is 0.321 e. The molecule has 6 nitrogen and oxygen atoms in total. The molecule has 0 saturated carbocycles. The van der Waals surface area contributed by atoms with Crippen LogP contribution in [0.3, 0.4) is 0 Å². The van der Waals surface area contributed by atoms with Gasteiger partial charge in [-0.25, -0.2) is 0 Å². The quantitative estimate of drug-likeness (QED) is 0.791. The molecular weight excluding hydrogens is 294 g/mol. The molecule has 2 N–H and O–H groups in total. The van der Waals surface area contributed by atoms with E-state index < -0.39 is 12.0 Å². The molecule has 0 amide bonds. The van der Waals surface area contributed by atoms with Gasteiger partial charge in [-0.3, -0.25) is 10.1 Å². The van der Waals surface area contributed by atoms with Gasteiger partial charge in [0.25, 0.3) is 0 Å². The van der Waals surface area contributed by atoms with Gasteiger partial charge in [-0.1, -0.05) is 6.07 Å². The topological polar surface area (TPSA) is 77.0 Å². The second-order valence-electron chi connectivity index (χ2n) is 4.51. The van der Waals surface area contributed by atoms with Crippen LogP contribution in [-0.4, -0.2) is 49.1 Å². The Morgan fingerprint density at radius 1 is 1.38 bits per heavy atom. The summed E-state index contributed by atoms with van der Waals surface area (Å²) in [6.45, 7) is 0.473. The fraction of sp³-hybridized carbons (Fsp3) is 0.500. The molecule has 2 unspecified atom stereocenters. The summed E-state index contributed by atoms with van der Waals surface area (Å²) in [5, 5.41) is 12.1. The van der Waals surface area contributed by atoms with Crippen LogP contribution in [0.4, 0.5) is 0 Å². The molecule has 1 heterocycles. The number of carboxylic acids is 1. The van der Waals surface area contributed by atoms with E-state index in [1.807, 2.05) is 12.1 Å². The molecule has 1 aliphatic rings. The number of hydrogen-bond donors (Lipinski definition) is 2. The van der Waals surface area contributed by atoms with Gasteiger partial charge in [0.2, 0.25) is 5.75 Å². The average molecular weight is 313 g/mol. The van der Waals surface area contributed by atoms with Gasteiger partial charge in [0.05, 0.1) is 26.2 Å². The Morgan fingerprint density at radius 2 is 2.14 bits per heavy atom. The number of hydrogen-bond acceptors (Lipinski definition) is 6. The summed E-state index contributed by atoms with van der Waals surface area (Å²) in [6.07, 6.45) is 0.717. The highest BCUT2D eigenvalue weighted by atomic mass is 32.2. The first-order valence-electron chi connectivity index (χ1n) is 6.60. The molecule has 116 valence electrons. The Hall–Kier alpha value is -1.60. The molecule has 1 aliphatic heterocycles. The first kappa shape index (κ1) is 15.8. The number of rotatable bonds is 7. The van der Waals surface area contributed by atoms with Gasteiger partial charge in [0, 0.05) is 12.2 Å². The minimum Gasteiger partial charge on any atom is -0.493 e. The van der Waals surface area contributed by atoms with Gasteiger partial charge in [0.1, 0.15) is 6.04 Å². The van der Waals surface area contributed by atoms with Gasteiger partial charge < -0.3 is 19.3 Å². The average Bonchev–Trinajstić information content (AvgIpc) is 2.96. The Balaban J connectivity index is 1.85. The number of carboxylic acid groups (broad SMARTS) is 1. The molecule has 2 rings (SSSR count). The van der Waals surface area contributed by atoms with Crippen LogP contribution in [0.15, 0.2) is 18.2 Å². The van der Waals surface area contributed by atoms with Crippen molar-refractivity contribution in [1.82, 2.24) is 5.32 Å². The first-order chi connectivity index (χ1) is 10.2. The van der Waals surface area contributed by atoms with Gasteiger partial charge in [-0.15, -0.1) is 11.8 Å². The predicted molar refractivity (Wildman–Crippen MR) is 80.5 cm³/mol. The highest BCUT2D eigenvalue weighted by Crippen LogP contribution is 2.36. The lowest BCUT2D eigenvalue weighted by molar-refractivity contribution is -0.138. The molecule has 1 aromatic carbocycles. The summed E-state index contributed by atoms with van der Waals surface area (Å²) in [7, 11) is 3.14. The molecule has 21 heavy (non-hydrogen) atoms. The van der Waals surface area contributed by atoms with Crippen molar-refractivity contribution < 1.29 is 24.1 Å². The van der Waals surface area contributed by atoms with Crippen LogP contribution in [0.1, 0.15) is 6.42 Å². The number of thioether (sulfide) groups is 1. The molecule has 2 atom stereocenters. The molecule has 1 fully saturated rings. The fourth-order valence-corrected chi connectivity index (χ4v) is 3.28. The lowest BCUT2D eigenvalue weighted by atomic mass is 10.3. The largest absolute Gasteiger partial charge is 0.493 e. The van der Waals surface area contributed by atoms with E-state index in [1.54, 1.807) is 32.0 Å². The van der Waals surface area contributed by atoms with Crippen molar-refractivity contribution in [2.24, 2.45) is 0 Å². The SMILES string of the molecule is COc1cccc(OCCC2NC(C(=O)O)CS2)c1OC. The normalized spacial score (nSPS) is 21.0. The third-order valence-electron chi connectivity index (χ3n) is 3.15. The van der Waals surface area contributed by atoms with E-state index in [0.29, 0.717) is 29.6 Å². The molecule has 0 aliphatic carbocycles. The highest BCUT2D eigenvalue weighted by molar-refractivity contribution is 8.00. The number of nitrogens with one attached hydrogen (secondary N) is 1. The third-order valence-corrected chi connectivity index (χ3v) is 4.45. The van der Waals surface area contributed by atoms with Crippen molar-refractivity contribution in [2.75, 3.05) is 26.6 Å². The van der Waals surface area contributed by atoms with Crippen molar-refractivity contribution in [1.29, 1.82) is 0 Å². The van der Waals surface area contributed by atoms with Crippen molar-refractivity contribution >= 4 is 17.7 Å². The van der Waals surface area contributed by atoms with E-state index in [1.165, 1.54) is 0 Å². The van der Waals surface area contributed by atoms with Gasteiger partial charge in [-0.05, 0) is 12.1 Å². The molecule has 0 spiro atoms. The highest BCUT2D eigenvalue weighted by Gasteiger charge is 2.29. The number of carbonyl (C=O) groups is 1. The molecular formula is C14H19NO5S. The third kappa shape index (κ3) is 3.95. The van der Waals surface area contributed by atoms with Crippen molar-refractivity contribution in [2.45, 2.75) is 17.8 Å². The zero-order chi connectivity index (χ0) is 15.2. The molecule has 0 aromatic heterocycles. The van der Waals surface area contributed by atoms with E-state index in [2.05, 4.69) is 5.32 Å². The van der Waals surface area contributed by atoms with E-state index in [9.17, 15) is 4.79 Å². The number of ether oxygens (including phenoxy) is 3. The first-order valence-corrected chi connectivity index (χ1v) is 7.64. The summed E-state index contributed by atoms with van der Waals surface area (Å²) in [4.78, 5) is 10.9. The van der Waals surface area contributed by atoms with Crippen LogP contribution < -0.4 is 19.5 Å². The Bertz CT molecular complexity index is 496. The van der Waals surface area contributed by atoms with E-state index in [0.717, 1.165) is 6.42 Å². The maximum absolute atomic E-state index is 10.9.